The van der Waals surface area contributed by atoms with E-state index < -0.39 is 80.6 Å². The first-order chi connectivity index (χ1) is 39.3. The van der Waals surface area contributed by atoms with Crippen molar-refractivity contribution in [3.63, 3.8) is 0 Å². The van der Waals surface area contributed by atoms with Crippen LogP contribution < -0.4 is 30.4 Å². The number of aliphatic carboxylic acids is 1. The van der Waals surface area contributed by atoms with Gasteiger partial charge in [-0.15, -0.1) is 0 Å². The zero-order valence-electron chi connectivity index (χ0n) is 44.4. The number of amides is 1. The van der Waals surface area contributed by atoms with Crippen LogP contribution >= 0.6 is 7.82 Å². The quantitative estimate of drug-likeness (QED) is 0.0170. The largest absolute Gasteiger partial charge is 0.497 e. The number of methoxy groups -OCH3 is 2. The molecule has 420 valence electrons. The summed E-state index contributed by atoms with van der Waals surface area (Å²) in [6, 6.07) is 46.4. The molecule has 0 saturated carbocycles. The molecule has 1 amide bonds. The van der Waals surface area contributed by atoms with Gasteiger partial charge in [-0.05, 0) is 96.3 Å². The first kappa shape index (κ1) is 57.1. The standard InChI is InChI=1S/C59H58N5O16P/c1-72-43-25-20-40(21-26-43)59(39-14-6-4-7-15-39,41-22-27-44(73-2)28-23-41)76-37-50-55(56(79-54(69)31-30-53(67)68)57(78-50)64-34-32-51(65)62-58(64)70)80-81(71,74-3)77-35-13-12-33-63(52(66)38-75-45-16-8-5-9-17-45)42-24-29-48-49(36-42)61-47-19-11-10-18-46(47)60-48/h4-11,14-29,32,34,36,50,55-57H,12-13,30-31,33,35,37-38H2,1-3H3,(H,67,68)(H,62,65,70)/t50-,55+,56-,57-,81?/m1/s1. The summed E-state index contributed by atoms with van der Waals surface area (Å²) in [4.78, 5) is 78.5. The Bertz CT molecular complexity index is 3580. The third-order valence-electron chi connectivity index (χ3n) is 13.4. The minimum atomic E-state index is -4.74. The van der Waals surface area contributed by atoms with Crippen LogP contribution in [0.4, 0.5) is 5.69 Å². The van der Waals surface area contributed by atoms with E-state index in [1.165, 1.54) is 0 Å². The van der Waals surface area contributed by atoms with Gasteiger partial charge in [-0.25, -0.2) is 19.3 Å². The van der Waals surface area contributed by atoms with Crippen molar-refractivity contribution >= 4 is 53.4 Å². The van der Waals surface area contributed by atoms with Crippen molar-refractivity contribution in [1.82, 2.24) is 19.5 Å². The van der Waals surface area contributed by atoms with Crippen LogP contribution in [-0.2, 0) is 52.3 Å². The summed E-state index contributed by atoms with van der Waals surface area (Å²) in [6.45, 7) is -0.844. The molecule has 22 heteroatoms. The molecule has 1 unspecified atom stereocenters. The van der Waals surface area contributed by atoms with Gasteiger partial charge in [0.05, 0.1) is 62.3 Å². The normalized spacial score (nSPS) is 16.8. The number of ether oxygens (including phenoxy) is 6. The zero-order chi connectivity index (χ0) is 56.9. The van der Waals surface area contributed by atoms with E-state index in [1.807, 2.05) is 84.9 Å². The van der Waals surface area contributed by atoms with Gasteiger partial charge in [0.2, 0.25) is 0 Å². The summed E-state index contributed by atoms with van der Waals surface area (Å²) < 4.78 is 70.3. The fourth-order valence-electron chi connectivity index (χ4n) is 9.39. The van der Waals surface area contributed by atoms with E-state index in [9.17, 15) is 33.6 Å². The van der Waals surface area contributed by atoms with E-state index in [2.05, 4.69) is 4.98 Å². The van der Waals surface area contributed by atoms with E-state index in [-0.39, 0.29) is 32.1 Å². The number of benzene rings is 6. The predicted octanol–water partition coefficient (Wildman–Crippen LogP) is 8.38. The Morgan fingerprint density at radius 2 is 1.31 bits per heavy atom. The molecule has 5 atom stereocenters. The number of hydrogen-bond acceptors (Lipinski definition) is 17. The molecule has 2 N–H and O–H groups in total. The number of nitrogens with one attached hydrogen (secondary N) is 1. The number of carbonyl (C=O) groups excluding carboxylic acids is 2. The Kier molecular flexibility index (Phi) is 18.4. The monoisotopic (exact) mass is 1120 g/mol. The number of hydrogen-bond donors (Lipinski definition) is 2. The summed E-state index contributed by atoms with van der Waals surface area (Å²) in [5.74, 6) is -1.05. The van der Waals surface area contributed by atoms with Crippen LogP contribution in [0.3, 0.4) is 0 Å². The SMILES string of the molecule is COc1ccc(C(OC[C@H]2O[C@@H](n3ccc(=O)[nH]c3=O)[C@H](OC(=O)CCC(=O)O)[C@H]2OP(=O)(OC)OCCCCN(C(=O)COc2ccccc2)c2ccc3nc4ccccc4nc3c2)(c2ccccc2)c2ccc(OC)cc2)cc1. The zero-order valence-corrected chi connectivity index (χ0v) is 45.3. The topological polar surface area (TPSA) is 255 Å². The van der Waals surface area contributed by atoms with Gasteiger partial charge in [0.25, 0.3) is 11.5 Å². The fraction of sp³-hybridized carbons (Fsp3) is 0.271. The first-order valence-corrected chi connectivity index (χ1v) is 27.3. The number of carboxylic acids is 1. The van der Waals surface area contributed by atoms with Crippen LogP contribution in [-0.4, -0.2) is 108 Å². The van der Waals surface area contributed by atoms with Crippen LogP contribution in [0.2, 0.25) is 0 Å². The maximum Gasteiger partial charge on any atom is 0.475 e. The number of carbonyl (C=O) groups is 3. The molecule has 1 aliphatic rings. The number of aromatic nitrogens is 4. The second-order valence-electron chi connectivity index (χ2n) is 18.5. The Balaban J connectivity index is 1.02. The van der Waals surface area contributed by atoms with E-state index in [1.54, 1.807) is 85.8 Å². The summed E-state index contributed by atoms with van der Waals surface area (Å²) in [5, 5.41) is 9.49. The molecule has 1 aliphatic heterocycles. The lowest BCUT2D eigenvalue weighted by Gasteiger charge is -2.37. The van der Waals surface area contributed by atoms with Gasteiger partial charge in [-0.2, -0.15) is 0 Å². The number of phosphoric acid groups is 1. The van der Waals surface area contributed by atoms with E-state index in [0.29, 0.717) is 62.6 Å². The molecule has 9 rings (SSSR count). The lowest BCUT2D eigenvalue weighted by Crippen LogP contribution is -2.43. The van der Waals surface area contributed by atoms with E-state index in [4.69, 9.17) is 52.0 Å². The highest BCUT2D eigenvalue weighted by molar-refractivity contribution is 7.48. The van der Waals surface area contributed by atoms with Gasteiger partial charge in [0.15, 0.2) is 18.9 Å². The third kappa shape index (κ3) is 13.6. The first-order valence-electron chi connectivity index (χ1n) is 25.8. The number of H-pyrrole nitrogens is 1. The highest BCUT2D eigenvalue weighted by Crippen LogP contribution is 2.53. The van der Waals surface area contributed by atoms with Crippen molar-refractivity contribution in [1.29, 1.82) is 0 Å². The second-order valence-corrected chi connectivity index (χ2v) is 20.2. The van der Waals surface area contributed by atoms with Crippen molar-refractivity contribution in [2.45, 2.75) is 55.8 Å². The number of unbranched alkanes of at least 4 members (excludes halogenated alkanes) is 1. The van der Waals surface area contributed by atoms with E-state index >= 15 is 0 Å². The molecule has 8 aromatic rings. The summed E-state index contributed by atoms with van der Waals surface area (Å²) in [6.07, 6.45) is -5.97. The number of aromatic amines is 1. The number of rotatable bonds is 26. The molecule has 0 spiro atoms. The average Bonchev–Trinajstić information content (AvgIpc) is 4.05. The molecule has 21 nitrogen and oxygen atoms in total. The maximum atomic E-state index is 14.9. The smallest absolute Gasteiger partial charge is 0.475 e. The summed E-state index contributed by atoms with van der Waals surface area (Å²) in [5.41, 5.74) is 1.87. The minimum Gasteiger partial charge on any atom is -0.497 e. The molecule has 0 bridgehead atoms. The van der Waals surface area contributed by atoms with Gasteiger partial charge in [0.1, 0.15) is 35.1 Å². The molecular weight excluding hydrogens is 1070 g/mol. The summed E-state index contributed by atoms with van der Waals surface area (Å²) in [7, 11) is -0.563. The van der Waals surface area contributed by atoms with Gasteiger partial charge < -0.3 is 38.4 Å². The Hall–Kier alpha value is -8.56. The van der Waals surface area contributed by atoms with Crippen LogP contribution in [0.25, 0.3) is 22.1 Å². The number of nitrogens with zero attached hydrogens (tertiary/aromatic N) is 4. The van der Waals surface area contributed by atoms with Crippen molar-refractivity contribution in [2.24, 2.45) is 0 Å². The predicted molar refractivity (Wildman–Crippen MR) is 296 cm³/mol. The molecule has 3 heterocycles. The Morgan fingerprint density at radius 3 is 1.93 bits per heavy atom. The van der Waals surface area contributed by atoms with Crippen molar-refractivity contribution in [3.05, 3.63) is 201 Å². The maximum absolute atomic E-state index is 14.9. The highest BCUT2D eigenvalue weighted by Gasteiger charge is 2.54. The molecular formula is C59H58N5O16P. The molecule has 81 heavy (non-hydrogen) atoms. The van der Waals surface area contributed by atoms with Crippen LogP contribution in [0.15, 0.2) is 174 Å². The van der Waals surface area contributed by atoms with Crippen LogP contribution in [0.5, 0.6) is 17.2 Å². The molecule has 2 aromatic heterocycles. The van der Waals surface area contributed by atoms with Crippen molar-refractivity contribution < 1.29 is 66.0 Å². The molecule has 1 saturated heterocycles. The van der Waals surface area contributed by atoms with E-state index in [0.717, 1.165) is 29.5 Å². The van der Waals surface area contributed by atoms with Gasteiger partial charge in [0, 0.05) is 31.6 Å². The molecule has 1 fully saturated rings. The fourth-order valence-corrected chi connectivity index (χ4v) is 10.5. The minimum absolute atomic E-state index is 0.149. The Morgan fingerprint density at radius 1 is 0.704 bits per heavy atom. The number of carboxylic acid groups (broad SMARTS) is 1. The van der Waals surface area contributed by atoms with Crippen molar-refractivity contribution in [3.8, 4) is 17.2 Å². The molecule has 0 radical (unpaired) electrons. The van der Waals surface area contributed by atoms with Crippen LogP contribution in [0.1, 0.15) is 48.6 Å². The number of para-hydroxylation sites is 3. The summed E-state index contributed by atoms with van der Waals surface area (Å²) >= 11 is 0. The van der Waals surface area contributed by atoms with Crippen LogP contribution in [0, 0.1) is 0 Å². The third-order valence-corrected chi connectivity index (χ3v) is 14.8. The number of phosphoric ester groups is 1. The number of anilines is 1. The lowest BCUT2D eigenvalue weighted by atomic mass is 9.80. The highest BCUT2D eigenvalue weighted by atomic mass is 31.2. The molecule has 0 aliphatic carbocycles. The average molecular weight is 1120 g/mol. The molecule has 6 aromatic carbocycles. The van der Waals surface area contributed by atoms with Gasteiger partial charge >= 0.3 is 25.5 Å². The van der Waals surface area contributed by atoms with Gasteiger partial charge in [-0.3, -0.25) is 42.3 Å². The van der Waals surface area contributed by atoms with Crippen molar-refractivity contribution in [2.75, 3.05) is 52.6 Å². The van der Waals surface area contributed by atoms with Gasteiger partial charge in [-0.1, -0.05) is 84.9 Å². The number of esters is 1. The second kappa shape index (κ2) is 26.1. The number of fused-ring (bicyclic) bond motifs is 2. The lowest BCUT2D eigenvalue weighted by molar-refractivity contribution is -0.160. The Labute approximate surface area is 464 Å².